The van der Waals surface area contributed by atoms with Crippen molar-refractivity contribution in [3.63, 3.8) is 0 Å². The van der Waals surface area contributed by atoms with Crippen molar-refractivity contribution in [1.82, 2.24) is 0 Å². The van der Waals surface area contributed by atoms with E-state index in [1.54, 1.807) is 6.26 Å². The van der Waals surface area contributed by atoms with Crippen LogP contribution in [0.3, 0.4) is 0 Å². The molecule has 1 nitrogen and oxygen atoms in total. The van der Waals surface area contributed by atoms with Gasteiger partial charge < -0.3 is 4.74 Å². The molecule has 0 aliphatic carbocycles. The summed E-state index contributed by atoms with van der Waals surface area (Å²) in [6.45, 7) is 7.68. The lowest BCUT2D eigenvalue weighted by Gasteiger charge is -2.00. The Hall–Kier alpha value is -1.50. The molecule has 0 atom stereocenters. The normalized spacial score (nSPS) is 9.08. The van der Waals surface area contributed by atoms with Crippen LogP contribution >= 0.6 is 0 Å². The van der Waals surface area contributed by atoms with Crippen LogP contribution in [0.5, 0.6) is 5.75 Å². The van der Waals surface area contributed by atoms with Crippen LogP contribution in [0.2, 0.25) is 0 Å². The van der Waals surface area contributed by atoms with Crippen molar-refractivity contribution in [3.8, 4) is 5.75 Å². The van der Waals surface area contributed by atoms with E-state index in [0.717, 1.165) is 16.9 Å². The van der Waals surface area contributed by atoms with E-state index in [1.807, 2.05) is 44.2 Å². The second-order valence-electron chi connectivity index (χ2n) is 3.09. The molecule has 0 heterocycles. The van der Waals surface area contributed by atoms with Gasteiger partial charge in [-0.05, 0) is 37.1 Å². The van der Waals surface area contributed by atoms with Gasteiger partial charge in [0.15, 0.2) is 0 Å². The predicted molar refractivity (Wildman–Crippen MR) is 56.6 cm³/mol. The van der Waals surface area contributed by atoms with Gasteiger partial charge in [0, 0.05) is 0 Å². The summed E-state index contributed by atoms with van der Waals surface area (Å²) in [6.07, 6.45) is 3.55. The van der Waals surface area contributed by atoms with Gasteiger partial charge in [0.1, 0.15) is 5.75 Å². The van der Waals surface area contributed by atoms with Gasteiger partial charge in [0.05, 0.1) is 6.26 Å². The molecular weight excluding hydrogens is 160 g/mol. The molecule has 0 spiro atoms. The van der Waals surface area contributed by atoms with Gasteiger partial charge >= 0.3 is 0 Å². The van der Waals surface area contributed by atoms with Crippen LogP contribution < -0.4 is 4.74 Å². The second kappa shape index (κ2) is 4.51. The van der Waals surface area contributed by atoms with E-state index in [1.165, 1.54) is 0 Å². The first-order valence-electron chi connectivity index (χ1n) is 4.25. The fraction of sp³-hybridized carbons (Fsp3) is 0.167. The van der Waals surface area contributed by atoms with Crippen molar-refractivity contribution in [2.75, 3.05) is 0 Å². The minimum Gasteiger partial charge on any atom is -0.465 e. The maximum Gasteiger partial charge on any atom is 0.126 e. The zero-order valence-electron chi connectivity index (χ0n) is 8.08. The number of benzene rings is 1. The lowest BCUT2D eigenvalue weighted by Crippen LogP contribution is -1.83. The summed E-state index contributed by atoms with van der Waals surface area (Å²) < 4.78 is 5.37. The van der Waals surface area contributed by atoms with Gasteiger partial charge in [0.2, 0.25) is 0 Å². The molecule has 0 fully saturated rings. The third-order valence-corrected chi connectivity index (χ3v) is 1.55. The molecular formula is C12H14O. The first-order valence-corrected chi connectivity index (χ1v) is 4.25. The van der Waals surface area contributed by atoms with E-state index in [-0.39, 0.29) is 0 Å². The average Bonchev–Trinajstić information content (AvgIpc) is 2.15. The zero-order valence-corrected chi connectivity index (χ0v) is 8.08. The molecule has 0 radical (unpaired) electrons. The van der Waals surface area contributed by atoms with Crippen LogP contribution in [-0.4, -0.2) is 0 Å². The molecule has 1 aromatic carbocycles. The van der Waals surface area contributed by atoms with E-state index < -0.39 is 0 Å². The highest BCUT2D eigenvalue weighted by Gasteiger charge is 1.90. The number of hydrogen-bond donors (Lipinski definition) is 0. The molecule has 0 unspecified atom stereocenters. The van der Waals surface area contributed by atoms with Crippen molar-refractivity contribution < 1.29 is 4.74 Å². The highest BCUT2D eigenvalue weighted by Crippen LogP contribution is 2.13. The van der Waals surface area contributed by atoms with Crippen molar-refractivity contribution in [1.29, 1.82) is 0 Å². The van der Waals surface area contributed by atoms with E-state index >= 15 is 0 Å². The van der Waals surface area contributed by atoms with Crippen molar-refractivity contribution in [2.24, 2.45) is 0 Å². The molecule has 1 heteroatoms. The van der Waals surface area contributed by atoms with Crippen molar-refractivity contribution >= 4 is 6.08 Å². The summed E-state index contributed by atoms with van der Waals surface area (Å²) in [6, 6.07) is 7.80. The van der Waals surface area contributed by atoms with Crippen LogP contribution in [0.4, 0.5) is 0 Å². The maximum absolute atomic E-state index is 5.37. The number of allylic oxidation sites excluding steroid dienone is 1. The Bertz CT molecular complexity index is 302. The third-order valence-electron chi connectivity index (χ3n) is 1.55. The lowest BCUT2D eigenvalue weighted by molar-refractivity contribution is 0.475. The summed E-state index contributed by atoms with van der Waals surface area (Å²) in [5.41, 5.74) is 2.25. The zero-order chi connectivity index (χ0) is 9.68. The minimum atomic E-state index is 0.854. The molecule has 68 valence electrons. The molecule has 0 amide bonds. The molecule has 0 aromatic heterocycles. The Morgan fingerprint density at radius 3 is 2.31 bits per heavy atom. The summed E-state index contributed by atoms with van der Waals surface area (Å²) in [5.74, 6) is 0.854. The molecule has 0 N–H and O–H groups in total. The SMILES string of the molecule is C=Cc1ccc(OC=C(C)C)cc1. The fourth-order valence-corrected chi connectivity index (χ4v) is 0.868. The number of hydrogen-bond acceptors (Lipinski definition) is 1. The highest BCUT2D eigenvalue weighted by atomic mass is 16.5. The van der Waals surface area contributed by atoms with Gasteiger partial charge in [-0.1, -0.05) is 24.8 Å². The molecule has 13 heavy (non-hydrogen) atoms. The Morgan fingerprint density at radius 2 is 1.85 bits per heavy atom. The number of rotatable bonds is 3. The molecule has 0 saturated heterocycles. The summed E-state index contributed by atoms with van der Waals surface area (Å²) in [5, 5.41) is 0. The lowest BCUT2D eigenvalue weighted by atomic mass is 10.2. The highest BCUT2D eigenvalue weighted by molar-refractivity contribution is 5.48. The topological polar surface area (TPSA) is 9.23 Å². The Balaban J connectivity index is 2.69. The third kappa shape index (κ3) is 3.16. The van der Waals surface area contributed by atoms with Crippen molar-refractivity contribution in [2.45, 2.75) is 13.8 Å². The van der Waals surface area contributed by atoms with Gasteiger partial charge in [-0.2, -0.15) is 0 Å². The average molecular weight is 174 g/mol. The smallest absolute Gasteiger partial charge is 0.126 e. The van der Waals surface area contributed by atoms with Crippen molar-refractivity contribution in [3.05, 3.63) is 48.2 Å². The minimum absolute atomic E-state index is 0.854. The summed E-state index contributed by atoms with van der Waals surface area (Å²) in [4.78, 5) is 0. The maximum atomic E-state index is 5.37. The van der Waals surface area contributed by atoms with Crippen LogP contribution in [0.15, 0.2) is 42.7 Å². The van der Waals surface area contributed by atoms with E-state index in [9.17, 15) is 0 Å². The molecule has 1 rings (SSSR count). The van der Waals surface area contributed by atoms with E-state index in [4.69, 9.17) is 4.74 Å². The largest absolute Gasteiger partial charge is 0.465 e. The molecule has 0 saturated carbocycles. The van der Waals surface area contributed by atoms with Crippen LogP contribution in [0.1, 0.15) is 19.4 Å². The molecule has 0 aliphatic rings. The fourth-order valence-electron chi connectivity index (χ4n) is 0.868. The standard InChI is InChI=1S/C12H14O/c1-4-11-5-7-12(8-6-11)13-9-10(2)3/h4-9H,1H2,2-3H3. The van der Waals surface area contributed by atoms with Crippen LogP contribution in [-0.2, 0) is 0 Å². The number of ether oxygens (including phenoxy) is 1. The molecule has 0 aliphatic heterocycles. The monoisotopic (exact) mass is 174 g/mol. The Labute approximate surface area is 79.4 Å². The molecule has 1 aromatic rings. The Kier molecular flexibility index (Phi) is 3.32. The second-order valence-corrected chi connectivity index (χ2v) is 3.09. The summed E-state index contributed by atoms with van der Waals surface area (Å²) in [7, 11) is 0. The van der Waals surface area contributed by atoms with E-state index in [2.05, 4.69) is 6.58 Å². The predicted octanol–water partition coefficient (Wildman–Crippen LogP) is 3.63. The first-order chi connectivity index (χ1) is 6.22. The van der Waals surface area contributed by atoms with Gasteiger partial charge in [-0.3, -0.25) is 0 Å². The quantitative estimate of drug-likeness (QED) is 0.636. The van der Waals surface area contributed by atoms with Gasteiger partial charge in [-0.15, -0.1) is 0 Å². The first kappa shape index (κ1) is 9.59. The van der Waals surface area contributed by atoms with Gasteiger partial charge in [-0.25, -0.2) is 0 Å². The van der Waals surface area contributed by atoms with E-state index in [0.29, 0.717) is 0 Å². The molecule has 0 bridgehead atoms. The summed E-state index contributed by atoms with van der Waals surface area (Å²) >= 11 is 0. The Morgan fingerprint density at radius 1 is 1.23 bits per heavy atom. The van der Waals surface area contributed by atoms with Gasteiger partial charge in [0.25, 0.3) is 0 Å². The van der Waals surface area contributed by atoms with Crippen LogP contribution in [0.25, 0.3) is 6.08 Å². The van der Waals surface area contributed by atoms with Crippen LogP contribution in [0, 0.1) is 0 Å².